The minimum atomic E-state index is -1.50. The molecule has 0 fully saturated rings. The molecule has 0 saturated carbocycles. The molecule has 0 aliphatic carbocycles. The fourth-order valence-electron chi connectivity index (χ4n) is 2.21. The Balaban J connectivity index is 2.13. The smallest absolute Gasteiger partial charge is 0.373 e. The van der Waals surface area contributed by atoms with Crippen molar-refractivity contribution in [2.45, 2.75) is 12.4 Å². The minimum Gasteiger partial charge on any atom is -0.477 e. The summed E-state index contributed by atoms with van der Waals surface area (Å²) in [6.45, 7) is 0. The van der Waals surface area contributed by atoms with E-state index in [1.54, 1.807) is 30.3 Å². The summed E-state index contributed by atoms with van der Waals surface area (Å²) >= 11 is 5.95. The van der Waals surface area contributed by atoms with E-state index >= 15 is 0 Å². The fourth-order valence-corrected chi connectivity index (χ4v) is 2.39. The minimum absolute atomic E-state index is 0.232. The summed E-state index contributed by atoms with van der Waals surface area (Å²) in [5.41, 5.74) is 0.723. The van der Waals surface area contributed by atoms with Gasteiger partial charge in [-0.05, 0) is 24.3 Å². The third-order valence-corrected chi connectivity index (χ3v) is 3.37. The lowest BCUT2D eigenvalue weighted by Gasteiger charge is -2.31. The van der Waals surface area contributed by atoms with Crippen LogP contribution in [-0.2, 0) is 9.53 Å². The first kappa shape index (κ1) is 13.9. The van der Waals surface area contributed by atoms with Gasteiger partial charge < -0.3 is 14.6 Å². The van der Waals surface area contributed by atoms with E-state index in [-0.39, 0.29) is 5.56 Å². The van der Waals surface area contributed by atoms with Gasteiger partial charge in [0.1, 0.15) is 17.7 Å². The van der Waals surface area contributed by atoms with Crippen molar-refractivity contribution < 1.29 is 23.8 Å². The molecule has 2 aromatic carbocycles. The number of benzene rings is 2. The molecule has 0 unspecified atom stereocenters. The van der Waals surface area contributed by atoms with Crippen molar-refractivity contribution in [3.05, 3.63) is 64.4 Å². The predicted molar refractivity (Wildman–Crippen MR) is 72.8 cm³/mol. The number of hydrogen-bond acceptors (Lipinski definition) is 3. The van der Waals surface area contributed by atoms with E-state index in [1.165, 1.54) is 12.1 Å². The van der Waals surface area contributed by atoms with Crippen molar-refractivity contribution in [2.24, 2.45) is 0 Å². The van der Waals surface area contributed by atoms with E-state index in [1.807, 2.05) is 0 Å². The summed E-state index contributed by atoms with van der Waals surface area (Å²) in [6, 6.07) is 10.7. The van der Waals surface area contributed by atoms with Gasteiger partial charge in [-0.15, -0.1) is 0 Å². The monoisotopic (exact) mass is 308 g/mol. The molecule has 1 N–H and O–H groups in total. The number of carbonyl (C=O) groups is 1. The van der Waals surface area contributed by atoms with Gasteiger partial charge in [0.05, 0.1) is 0 Å². The molecule has 0 bridgehead atoms. The largest absolute Gasteiger partial charge is 0.477 e. The molecule has 1 aliphatic rings. The first-order chi connectivity index (χ1) is 10.1. The zero-order valence-corrected chi connectivity index (χ0v) is 11.4. The number of aliphatic carboxylic acids is 1. The van der Waals surface area contributed by atoms with Gasteiger partial charge in [0.2, 0.25) is 0 Å². The van der Waals surface area contributed by atoms with Crippen LogP contribution in [0, 0.1) is 5.82 Å². The molecule has 0 amide bonds. The summed E-state index contributed by atoms with van der Waals surface area (Å²) in [5.74, 6) is -1.46. The van der Waals surface area contributed by atoms with E-state index in [0.717, 1.165) is 0 Å². The molecule has 108 valence electrons. The maximum Gasteiger partial charge on any atom is 0.373 e. The van der Waals surface area contributed by atoms with Crippen LogP contribution >= 0.6 is 11.6 Å². The number of fused-ring (bicyclic) bond motifs is 1. The highest BCUT2D eigenvalue weighted by Crippen LogP contribution is 2.40. The number of carboxylic acids is 1. The molecule has 1 aliphatic heterocycles. The number of carboxylic acid groups (broad SMARTS) is 1. The van der Waals surface area contributed by atoms with E-state index in [9.17, 15) is 9.18 Å². The zero-order chi connectivity index (χ0) is 15.0. The molecule has 0 radical (unpaired) electrons. The third kappa shape index (κ3) is 2.57. The maximum atomic E-state index is 14.0. The normalized spacial score (nSPS) is 20.5. The van der Waals surface area contributed by atoms with Gasteiger partial charge in [-0.2, -0.15) is 0 Å². The molecule has 2 atom stereocenters. The molecule has 1 heterocycles. The second-order valence-corrected chi connectivity index (χ2v) is 4.94. The molecular weight excluding hydrogens is 299 g/mol. The van der Waals surface area contributed by atoms with Crippen LogP contribution in [0.15, 0.2) is 42.5 Å². The first-order valence-electron chi connectivity index (χ1n) is 6.15. The lowest BCUT2D eigenvalue weighted by molar-refractivity contribution is -0.183. The van der Waals surface area contributed by atoms with Gasteiger partial charge in [0, 0.05) is 16.1 Å². The van der Waals surface area contributed by atoms with E-state index in [2.05, 4.69) is 0 Å². The quantitative estimate of drug-likeness (QED) is 0.924. The average Bonchev–Trinajstić information content (AvgIpc) is 2.47. The Bertz CT molecular complexity index is 704. The van der Waals surface area contributed by atoms with Crippen molar-refractivity contribution in [2.75, 3.05) is 0 Å². The predicted octanol–water partition coefficient (Wildman–Crippen LogP) is 3.39. The van der Waals surface area contributed by atoms with Gasteiger partial charge in [-0.1, -0.05) is 29.8 Å². The first-order valence-corrected chi connectivity index (χ1v) is 6.53. The van der Waals surface area contributed by atoms with Gasteiger partial charge in [0.25, 0.3) is 6.29 Å². The Morgan fingerprint density at radius 1 is 1.19 bits per heavy atom. The van der Waals surface area contributed by atoms with Gasteiger partial charge in [-0.25, -0.2) is 9.18 Å². The number of halogens is 2. The Hall–Kier alpha value is -2.11. The molecule has 21 heavy (non-hydrogen) atoms. The molecule has 6 heteroatoms. The van der Waals surface area contributed by atoms with Crippen LogP contribution in [0.3, 0.4) is 0 Å². The summed E-state index contributed by atoms with van der Waals surface area (Å²) in [6.07, 6.45) is -2.39. The van der Waals surface area contributed by atoms with Gasteiger partial charge in [0.15, 0.2) is 0 Å². The molecule has 0 aromatic heterocycles. The van der Waals surface area contributed by atoms with Gasteiger partial charge >= 0.3 is 5.97 Å². The highest BCUT2D eigenvalue weighted by atomic mass is 35.5. The van der Waals surface area contributed by atoms with Crippen LogP contribution in [0.2, 0.25) is 5.02 Å². The Morgan fingerprint density at radius 2 is 1.95 bits per heavy atom. The highest BCUT2D eigenvalue weighted by molar-refractivity contribution is 6.30. The second-order valence-electron chi connectivity index (χ2n) is 4.51. The number of ether oxygens (including phenoxy) is 2. The lowest BCUT2D eigenvalue weighted by Crippen LogP contribution is -2.36. The van der Waals surface area contributed by atoms with Crippen LogP contribution in [0.5, 0.6) is 5.75 Å². The molecule has 0 spiro atoms. The van der Waals surface area contributed by atoms with Crippen molar-refractivity contribution in [3.8, 4) is 5.75 Å². The fraction of sp³-hybridized carbons (Fsp3) is 0.133. The summed E-state index contributed by atoms with van der Waals surface area (Å²) in [4.78, 5) is 11.1. The maximum absolute atomic E-state index is 14.0. The number of hydrogen-bond donors (Lipinski definition) is 1. The molecule has 0 saturated heterocycles. The molecule has 2 aromatic rings. The molecular formula is C15H10ClFO4. The Labute approximate surface area is 124 Å². The SMILES string of the molecule is O=C(O)[C@H]1Oc2ccc(Cl)cc2[C@H](c2ccccc2F)O1. The van der Waals surface area contributed by atoms with Crippen LogP contribution in [0.25, 0.3) is 0 Å². The van der Waals surface area contributed by atoms with Crippen molar-refractivity contribution in [1.82, 2.24) is 0 Å². The second kappa shape index (κ2) is 5.35. The van der Waals surface area contributed by atoms with Crippen molar-refractivity contribution >= 4 is 17.6 Å². The lowest BCUT2D eigenvalue weighted by atomic mass is 9.99. The van der Waals surface area contributed by atoms with Crippen LogP contribution in [0.4, 0.5) is 4.39 Å². The van der Waals surface area contributed by atoms with E-state index in [4.69, 9.17) is 26.2 Å². The Morgan fingerprint density at radius 3 is 2.67 bits per heavy atom. The average molecular weight is 309 g/mol. The molecule has 3 rings (SSSR count). The van der Waals surface area contributed by atoms with Crippen LogP contribution < -0.4 is 4.74 Å². The van der Waals surface area contributed by atoms with E-state index < -0.39 is 24.2 Å². The Kier molecular flexibility index (Phi) is 3.53. The molecule has 4 nitrogen and oxygen atoms in total. The summed E-state index contributed by atoms with van der Waals surface area (Å²) in [7, 11) is 0. The van der Waals surface area contributed by atoms with Crippen molar-refractivity contribution in [3.63, 3.8) is 0 Å². The van der Waals surface area contributed by atoms with Crippen molar-refractivity contribution in [1.29, 1.82) is 0 Å². The summed E-state index contributed by atoms with van der Waals surface area (Å²) in [5, 5.41) is 9.51. The standard InChI is InChI=1S/C15H10ClFO4/c16-8-5-6-12-10(7-8)13(21-15(20-12)14(18)19)9-3-1-2-4-11(9)17/h1-7,13,15H,(H,18,19)/t13-,15-/m0/s1. The van der Waals surface area contributed by atoms with Crippen LogP contribution in [-0.4, -0.2) is 17.4 Å². The van der Waals surface area contributed by atoms with Crippen LogP contribution in [0.1, 0.15) is 17.2 Å². The number of rotatable bonds is 2. The third-order valence-electron chi connectivity index (χ3n) is 3.14. The van der Waals surface area contributed by atoms with Gasteiger partial charge in [-0.3, -0.25) is 0 Å². The summed E-state index contributed by atoms with van der Waals surface area (Å²) < 4.78 is 24.6. The topological polar surface area (TPSA) is 55.8 Å². The van der Waals surface area contributed by atoms with E-state index in [0.29, 0.717) is 16.3 Å². The zero-order valence-electron chi connectivity index (χ0n) is 10.6. The highest BCUT2D eigenvalue weighted by Gasteiger charge is 2.35.